The molecule has 0 radical (unpaired) electrons. The fourth-order valence-corrected chi connectivity index (χ4v) is 4.24. The van der Waals surface area contributed by atoms with Crippen molar-refractivity contribution in [1.82, 2.24) is 24.3 Å². The van der Waals surface area contributed by atoms with Crippen LogP contribution in [-0.2, 0) is 6.54 Å². The van der Waals surface area contributed by atoms with Crippen LogP contribution in [0.25, 0.3) is 16.9 Å². The lowest BCUT2D eigenvalue weighted by atomic mass is 10.1. The van der Waals surface area contributed by atoms with Crippen LogP contribution in [0.2, 0.25) is 0 Å². The SMILES string of the molecule is Cc1ccc(NC(=O)N2CCN(Cc3nc4cccnc4n3-c3ccccc3)CC2)cc1C. The van der Waals surface area contributed by atoms with E-state index in [9.17, 15) is 4.79 Å². The molecule has 7 heteroatoms. The van der Waals surface area contributed by atoms with Crippen molar-refractivity contribution in [2.45, 2.75) is 20.4 Å². The lowest BCUT2D eigenvalue weighted by molar-refractivity contribution is 0.140. The highest BCUT2D eigenvalue weighted by Crippen LogP contribution is 2.21. The summed E-state index contributed by atoms with van der Waals surface area (Å²) in [5.74, 6) is 0.961. The smallest absolute Gasteiger partial charge is 0.321 e. The molecule has 0 unspecified atom stereocenters. The minimum absolute atomic E-state index is 0.0429. The van der Waals surface area contributed by atoms with Crippen LogP contribution in [0.15, 0.2) is 66.9 Å². The summed E-state index contributed by atoms with van der Waals surface area (Å²) in [4.78, 5) is 26.4. The third-order valence-corrected chi connectivity index (χ3v) is 6.28. The van der Waals surface area contributed by atoms with Crippen molar-refractivity contribution in [1.29, 1.82) is 0 Å². The summed E-state index contributed by atoms with van der Waals surface area (Å²) in [6.07, 6.45) is 1.81. The predicted octanol–water partition coefficient (Wildman–Crippen LogP) is 4.39. The molecule has 3 heterocycles. The van der Waals surface area contributed by atoms with E-state index in [2.05, 4.69) is 45.7 Å². The number of fused-ring (bicyclic) bond motifs is 1. The number of anilines is 1. The van der Waals surface area contributed by atoms with Gasteiger partial charge in [0.1, 0.15) is 11.3 Å². The van der Waals surface area contributed by atoms with Crippen LogP contribution in [-0.4, -0.2) is 56.5 Å². The Bertz CT molecular complexity index is 1270. The lowest BCUT2D eigenvalue weighted by Crippen LogP contribution is -2.49. The third kappa shape index (κ3) is 4.45. The molecule has 0 spiro atoms. The maximum Gasteiger partial charge on any atom is 0.321 e. The van der Waals surface area contributed by atoms with E-state index in [-0.39, 0.29) is 6.03 Å². The van der Waals surface area contributed by atoms with Crippen molar-refractivity contribution in [2.75, 3.05) is 31.5 Å². The zero-order valence-corrected chi connectivity index (χ0v) is 19.0. The number of aryl methyl sites for hydroxylation is 2. The molecule has 1 aliphatic heterocycles. The number of aromatic nitrogens is 3. The van der Waals surface area contributed by atoms with Crippen molar-refractivity contribution in [3.8, 4) is 5.69 Å². The molecule has 0 saturated carbocycles. The average molecular weight is 441 g/mol. The Morgan fingerprint density at radius 2 is 1.73 bits per heavy atom. The van der Waals surface area contributed by atoms with E-state index in [1.54, 1.807) is 6.20 Å². The minimum Gasteiger partial charge on any atom is -0.322 e. The van der Waals surface area contributed by atoms with Gasteiger partial charge in [-0.25, -0.2) is 14.8 Å². The first-order valence-electron chi connectivity index (χ1n) is 11.3. The summed E-state index contributed by atoms with van der Waals surface area (Å²) in [7, 11) is 0. The molecular weight excluding hydrogens is 412 g/mol. The largest absolute Gasteiger partial charge is 0.322 e. The molecule has 5 rings (SSSR count). The first kappa shape index (κ1) is 21.2. The normalized spacial score (nSPS) is 14.5. The summed E-state index contributed by atoms with van der Waals surface area (Å²) in [5.41, 5.74) is 6.05. The first-order chi connectivity index (χ1) is 16.1. The molecule has 1 saturated heterocycles. The fraction of sp³-hybridized carbons (Fsp3) is 0.269. The maximum absolute atomic E-state index is 12.8. The Morgan fingerprint density at radius 1 is 0.939 bits per heavy atom. The van der Waals surface area contributed by atoms with Crippen molar-refractivity contribution < 1.29 is 4.79 Å². The zero-order chi connectivity index (χ0) is 22.8. The van der Waals surface area contributed by atoms with Crippen molar-refractivity contribution in [2.24, 2.45) is 0 Å². The number of carbonyl (C=O) groups is 1. The second-order valence-electron chi connectivity index (χ2n) is 8.54. The Kier molecular flexibility index (Phi) is 5.79. The molecule has 4 aromatic rings. The highest BCUT2D eigenvalue weighted by Gasteiger charge is 2.23. The number of carbonyl (C=O) groups excluding carboxylic acids is 1. The molecule has 2 aromatic heterocycles. The second kappa shape index (κ2) is 9.03. The van der Waals surface area contributed by atoms with Gasteiger partial charge in [0.2, 0.25) is 0 Å². The molecule has 0 atom stereocenters. The van der Waals surface area contributed by atoms with Gasteiger partial charge in [-0.1, -0.05) is 24.3 Å². The molecule has 0 aliphatic carbocycles. The molecule has 168 valence electrons. The summed E-state index contributed by atoms with van der Waals surface area (Å²) >= 11 is 0. The van der Waals surface area contributed by atoms with Crippen molar-refractivity contribution >= 4 is 22.9 Å². The highest BCUT2D eigenvalue weighted by atomic mass is 16.2. The van der Waals surface area contributed by atoms with Gasteiger partial charge < -0.3 is 10.2 Å². The van der Waals surface area contributed by atoms with E-state index in [1.807, 2.05) is 53.4 Å². The van der Waals surface area contributed by atoms with Crippen LogP contribution in [0.4, 0.5) is 10.5 Å². The summed E-state index contributed by atoms with van der Waals surface area (Å²) in [6, 6.07) is 20.1. The number of benzene rings is 2. The molecule has 2 amide bonds. The minimum atomic E-state index is -0.0429. The van der Waals surface area contributed by atoms with Gasteiger partial charge >= 0.3 is 6.03 Å². The van der Waals surface area contributed by atoms with Gasteiger partial charge in [0.05, 0.1) is 6.54 Å². The zero-order valence-electron chi connectivity index (χ0n) is 19.0. The third-order valence-electron chi connectivity index (χ3n) is 6.28. The molecule has 0 bridgehead atoms. The number of hydrogen-bond donors (Lipinski definition) is 1. The van der Waals surface area contributed by atoms with Gasteiger partial charge in [-0.15, -0.1) is 0 Å². The number of para-hydroxylation sites is 1. The molecule has 1 aliphatic rings. The van der Waals surface area contributed by atoms with E-state index in [0.29, 0.717) is 19.6 Å². The Hall–Kier alpha value is -3.71. The topological polar surface area (TPSA) is 66.3 Å². The molecule has 1 fully saturated rings. The van der Waals surface area contributed by atoms with Crippen LogP contribution >= 0.6 is 0 Å². The number of piperazine rings is 1. The van der Waals surface area contributed by atoms with Gasteiger partial charge in [0.15, 0.2) is 5.65 Å². The molecule has 7 nitrogen and oxygen atoms in total. The van der Waals surface area contributed by atoms with Gasteiger partial charge in [-0.2, -0.15) is 0 Å². The van der Waals surface area contributed by atoms with E-state index < -0.39 is 0 Å². The van der Waals surface area contributed by atoms with Crippen LogP contribution in [0, 0.1) is 13.8 Å². The lowest BCUT2D eigenvalue weighted by Gasteiger charge is -2.34. The average Bonchev–Trinajstić information content (AvgIpc) is 3.20. The Balaban J connectivity index is 1.27. The number of rotatable bonds is 4. The maximum atomic E-state index is 12.8. The van der Waals surface area contributed by atoms with Gasteiger partial charge in [0, 0.05) is 43.8 Å². The predicted molar refractivity (Wildman–Crippen MR) is 131 cm³/mol. The molecule has 33 heavy (non-hydrogen) atoms. The van der Waals surface area contributed by atoms with E-state index in [1.165, 1.54) is 11.1 Å². The monoisotopic (exact) mass is 440 g/mol. The van der Waals surface area contributed by atoms with Crippen molar-refractivity contribution in [3.05, 3.63) is 83.8 Å². The second-order valence-corrected chi connectivity index (χ2v) is 8.54. The number of imidazole rings is 1. The summed E-state index contributed by atoms with van der Waals surface area (Å²) < 4.78 is 2.13. The van der Waals surface area contributed by atoms with Gasteiger partial charge in [-0.3, -0.25) is 9.47 Å². The fourth-order valence-electron chi connectivity index (χ4n) is 4.24. The number of nitrogens with one attached hydrogen (secondary N) is 1. The molecular formula is C26H28N6O. The summed E-state index contributed by atoms with van der Waals surface area (Å²) in [6.45, 7) is 7.79. The number of nitrogens with zero attached hydrogens (tertiary/aromatic N) is 5. The van der Waals surface area contributed by atoms with Gasteiger partial charge in [0.25, 0.3) is 0 Å². The van der Waals surface area contributed by atoms with Crippen LogP contribution in [0.5, 0.6) is 0 Å². The Labute approximate surface area is 193 Å². The Morgan fingerprint density at radius 3 is 2.48 bits per heavy atom. The molecule has 1 N–H and O–H groups in total. The van der Waals surface area contributed by atoms with Crippen LogP contribution in [0.3, 0.4) is 0 Å². The standard InChI is InChI=1S/C26H28N6O/c1-19-10-11-21(17-20(19)2)28-26(33)31-15-13-30(14-16-31)18-24-29-23-9-6-12-27-25(23)32(24)22-7-4-3-5-8-22/h3-12,17H,13-16,18H2,1-2H3,(H,28,33). The van der Waals surface area contributed by atoms with E-state index in [0.717, 1.165) is 41.5 Å². The number of hydrogen-bond acceptors (Lipinski definition) is 4. The van der Waals surface area contributed by atoms with Crippen molar-refractivity contribution in [3.63, 3.8) is 0 Å². The van der Waals surface area contributed by atoms with Gasteiger partial charge in [-0.05, 0) is 61.4 Å². The quantitative estimate of drug-likeness (QED) is 0.511. The van der Waals surface area contributed by atoms with E-state index in [4.69, 9.17) is 4.98 Å². The first-order valence-corrected chi connectivity index (χ1v) is 11.3. The molecule has 2 aromatic carbocycles. The van der Waals surface area contributed by atoms with Crippen LogP contribution in [0.1, 0.15) is 17.0 Å². The number of pyridine rings is 1. The number of urea groups is 1. The highest BCUT2D eigenvalue weighted by molar-refractivity contribution is 5.89. The number of amides is 2. The van der Waals surface area contributed by atoms with E-state index >= 15 is 0 Å². The van der Waals surface area contributed by atoms with Crippen LogP contribution < -0.4 is 5.32 Å². The summed E-state index contributed by atoms with van der Waals surface area (Å²) in [5, 5.41) is 3.04.